The van der Waals surface area contributed by atoms with Crippen LogP contribution in [0.15, 0.2) is 41.4 Å². The Morgan fingerprint density at radius 1 is 1.28 bits per heavy atom. The van der Waals surface area contributed by atoms with E-state index in [2.05, 4.69) is 16.9 Å². The molecule has 5 nitrogen and oxygen atoms in total. The van der Waals surface area contributed by atoms with E-state index in [1.54, 1.807) is 24.0 Å². The van der Waals surface area contributed by atoms with Crippen molar-refractivity contribution in [3.8, 4) is 5.88 Å². The average Bonchev–Trinajstić information content (AvgIpc) is 2.63. The standard InChI is InChI=1S/C19H23N3O2S/c1-3-25-17-7-5-4-6-16(17)19(23)22-12-9-15(10-13-22)24-18-8-11-20-14(2)21-18/h4-8,11,15H,3,9-10,12-13H2,1-2H3. The number of benzene rings is 1. The fourth-order valence-corrected chi connectivity index (χ4v) is 3.74. The maximum atomic E-state index is 12.9. The third-order valence-corrected chi connectivity index (χ3v) is 5.14. The molecular weight excluding hydrogens is 334 g/mol. The van der Waals surface area contributed by atoms with E-state index in [0.717, 1.165) is 29.1 Å². The summed E-state index contributed by atoms with van der Waals surface area (Å²) < 4.78 is 5.94. The molecule has 0 aliphatic carbocycles. The van der Waals surface area contributed by atoms with E-state index in [4.69, 9.17) is 4.74 Å². The number of carbonyl (C=O) groups excluding carboxylic acids is 1. The van der Waals surface area contributed by atoms with Crippen LogP contribution in [0.3, 0.4) is 0 Å². The Morgan fingerprint density at radius 2 is 2.04 bits per heavy atom. The molecule has 3 rings (SSSR count). The van der Waals surface area contributed by atoms with Gasteiger partial charge in [-0.1, -0.05) is 19.1 Å². The number of hydrogen-bond donors (Lipinski definition) is 0. The van der Waals surface area contributed by atoms with Crippen LogP contribution in [0.4, 0.5) is 0 Å². The van der Waals surface area contributed by atoms with E-state index >= 15 is 0 Å². The molecule has 132 valence electrons. The maximum Gasteiger partial charge on any atom is 0.254 e. The first kappa shape index (κ1) is 17.7. The quantitative estimate of drug-likeness (QED) is 0.766. The van der Waals surface area contributed by atoms with Crippen LogP contribution in [-0.4, -0.2) is 45.7 Å². The number of likely N-dealkylation sites (tertiary alicyclic amines) is 1. The van der Waals surface area contributed by atoms with E-state index in [1.165, 1.54) is 0 Å². The number of carbonyl (C=O) groups is 1. The van der Waals surface area contributed by atoms with Gasteiger partial charge in [0.15, 0.2) is 0 Å². The van der Waals surface area contributed by atoms with Crippen LogP contribution < -0.4 is 4.74 Å². The van der Waals surface area contributed by atoms with Gasteiger partial charge < -0.3 is 9.64 Å². The van der Waals surface area contributed by atoms with Crippen molar-refractivity contribution in [2.24, 2.45) is 0 Å². The molecule has 1 aromatic heterocycles. The van der Waals surface area contributed by atoms with Gasteiger partial charge in [-0.15, -0.1) is 11.8 Å². The number of aryl methyl sites for hydroxylation is 1. The molecule has 0 N–H and O–H groups in total. The van der Waals surface area contributed by atoms with Crippen LogP contribution in [0.5, 0.6) is 5.88 Å². The molecule has 1 aromatic carbocycles. The molecule has 1 saturated heterocycles. The third kappa shape index (κ3) is 4.51. The predicted octanol–water partition coefficient (Wildman–Crippen LogP) is 3.58. The number of nitrogens with zero attached hydrogens (tertiary/aromatic N) is 3. The molecule has 0 spiro atoms. The van der Waals surface area contributed by atoms with Gasteiger partial charge in [0.25, 0.3) is 5.91 Å². The molecule has 25 heavy (non-hydrogen) atoms. The largest absolute Gasteiger partial charge is 0.474 e. The van der Waals surface area contributed by atoms with E-state index in [1.807, 2.05) is 36.1 Å². The fourth-order valence-electron chi connectivity index (χ4n) is 2.94. The van der Waals surface area contributed by atoms with Gasteiger partial charge in [0, 0.05) is 43.1 Å². The van der Waals surface area contributed by atoms with E-state index in [0.29, 0.717) is 24.8 Å². The molecule has 2 aromatic rings. The van der Waals surface area contributed by atoms with E-state index in [-0.39, 0.29) is 12.0 Å². The molecule has 2 heterocycles. The van der Waals surface area contributed by atoms with Crippen LogP contribution in [0.2, 0.25) is 0 Å². The average molecular weight is 357 g/mol. The lowest BCUT2D eigenvalue weighted by atomic mass is 10.1. The Bertz CT molecular complexity index is 730. The van der Waals surface area contributed by atoms with Gasteiger partial charge in [-0.25, -0.2) is 4.98 Å². The highest BCUT2D eigenvalue weighted by Gasteiger charge is 2.26. The molecule has 1 aliphatic heterocycles. The Hall–Kier alpha value is -2.08. The molecule has 1 amide bonds. The summed E-state index contributed by atoms with van der Waals surface area (Å²) in [5.74, 6) is 2.39. The highest BCUT2D eigenvalue weighted by Crippen LogP contribution is 2.25. The normalized spacial score (nSPS) is 15.2. The summed E-state index contributed by atoms with van der Waals surface area (Å²) in [4.78, 5) is 24.2. The summed E-state index contributed by atoms with van der Waals surface area (Å²) in [5, 5.41) is 0. The van der Waals surface area contributed by atoms with Gasteiger partial charge >= 0.3 is 0 Å². The molecular formula is C19H23N3O2S. The summed E-state index contributed by atoms with van der Waals surface area (Å²) in [6.45, 7) is 5.36. The van der Waals surface area contributed by atoms with Crippen molar-refractivity contribution in [3.05, 3.63) is 47.9 Å². The smallest absolute Gasteiger partial charge is 0.254 e. The first-order valence-corrected chi connectivity index (χ1v) is 9.63. The monoisotopic (exact) mass is 357 g/mol. The van der Waals surface area contributed by atoms with Gasteiger partial charge in [0.05, 0.1) is 5.56 Å². The minimum atomic E-state index is 0.0959. The predicted molar refractivity (Wildman–Crippen MR) is 99.2 cm³/mol. The maximum absolute atomic E-state index is 12.9. The first-order chi connectivity index (χ1) is 12.2. The fraction of sp³-hybridized carbons (Fsp3) is 0.421. The topological polar surface area (TPSA) is 55.3 Å². The van der Waals surface area contributed by atoms with Gasteiger partial charge in [-0.05, 0) is 24.8 Å². The summed E-state index contributed by atoms with van der Waals surface area (Å²) in [6.07, 6.45) is 3.44. The molecule has 0 atom stereocenters. The number of aromatic nitrogens is 2. The Morgan fingerprint density at radius 3 is 2.76 bits per heavy atom. The Balaban J connectivity index is 1.59. The SMILES string of the molecule is CCSc1ccccc1C(=O)N1CCC(Oc2ccnc(C)n2)CC1. The number of ether oxygens (including phenoxy) is 1. The highest BCUT2D eigenvalue weighted by atomic mass is 32.2. The zero-order chi connectivity index (χ0) is 17.6. The molecule has 6 heteroatoms. The Kier molecular flexibility index (Phi) is 5.91. The molecule has 0 saturated carbocycles. The van der Waals surface area contributed by atoms with Crippen LogP contribution >= 0.6 is 11.8 Å². The second kappa shape index (κ2) is 8.34. The summed E-state index contributed by atoms with van der Waals surface area (Å²) in [6, 6.07) is 9.64. The molecule has 1 fully saturated rings. The Labute approximate surface area is 152 Å². The summed E-state index contributed by atoms with van der Waals surface area (Å²) in [5.41, 5.74) is 0.806. The third-order valence-electron chi connectivity index (χ3n) is 4.18. The van der Waals surface area contributed by atoms with Crippen molar-refractivity contribution in [2.45, 2.75) is 37.7 Å². The number of hydrogen-bond acceptors (Lipinski definition) is 5. The molecule has 0 radical (unpaired) electrons. The lowest BCUT2D eigenvalue weighted by Crippen LogP contribution is -2.42. The van der Waals surface area contributed by atoms with Gasteiger partial charge in [0.2, 0.25) is 5.88 Å². The highest BCUT2D eigenvalue weighted by molar-refractivity contribution is 7.99. The van der Waals surface area contributed by atoms with Crippen molar-refractivity contribution in [3.63, 3.8) is 0 Å². The van der Waals surface area contributed by atoms with Gasteiger partial charge in [0.1, 0.15) is 11.9 Å². The number of thioether (sulfide) groups is 1. The minimum absolute atomic E-state index is 0.0959. The second-order valence-corrected chi connectivity index (χ2v) is 7.29. The molecule has 0 bridgehead atoms. The van der Waals surface area contributed by atoms with Crippen LogP contribution in [0.25, 0.3) is 0 Å². The van der Waals surface area contributed by atoms with Crippen molar-refractivity contribution < 1.29 is 9.53 Å². The number of amides is 1. The number of piperidine rings is 1. The van der Waals surface area contributed by atoms with Crippen molar-refractivity contribution in [1.29, 1.82) is 0 Å². The second-order valence-electron chi connectivity index (χ2n) is 5.98. The summed E-state index contributed by atoms with van der Waals surface area (Å²) >= 11 is 1.71. The van der Waals surface area contributed by atoms with Gasteiger partial charge in [-0.2, -0.15) is 4.98 Å². The van der Waals surface area contributed by atoms with Crippen molar-refractivity contribution >= 4 is 17.7 Å². The molecule has 1 aliphatic rings. The van der Waals surface area contributed by atoms with E-state index < -0.39 is 0 Å². The van der Waals surface area contributed by atoms with E-state index in [9.17, 15) is 4.79 Å². The lowest BCUT2D eigenvalue weighted by molar-refractivity contribution is 0.0584. The minimum Gasteiger partial charge on any atom is -0.474 e. The lowest BCUT2D eigenvalue weighted by Gasteiger charge is -2.32. The zero-order valence-corrected chi connectivity index (χ0v) is 15.5. The first-order valence-electron chi connectivity index (χ1n) is 8.64. The van der Waals surface area contributed by atoms with Crippen molar-refractivity contribution in [1.82, 2.24) is 14.9 Å². The molecule has 0 unspecified atom stereocenters. The summed E-state index contributed by atoms with van der Waals surface area (Å²) in [7, 11) is 0. The number of rotatable bonds is 5. The van der Waals surface area contributed by atoms with Crippen LogP contribution in [0.1, 0.15) is 35.9 Å². The zero-order valence-electron chi connectivity index (χ0n) is 14.6. The van der Waals surface area contributed by atoms with Gasteiger partial charge in [-0.3, -0.25) is 4.79 Å². The van der Waals surface area contributed by atoms with Crippen LogP contribution in [-0.2, 0) is 0 Å². The van der Waals surface area contributed by atoms with Crippen LogP contribution in [0, 0.1) is 6.92 Å². The van der Waals surface area contributed by atoms with Crippen molar-refractivity contribution in [2.75, 3.05) is 18.8 Å².